The summed E-state index contributed by atoms with van der Waals surface area (Å²) in [6.45, 7) is 0. The molecular weight excluding hydrogens is 449 g/mol. The molecule has 0 saturated carbocycles. The van der Waals surface area contributed by atoms with E-state index in [0.29, 0.717) is 21.7 Å². The molecule has 9 heteroatoms. The van der Waals surface area contributed by atoms with Gasteiger partial charge in [0.15, 0.2) is 5.82 Å². The normalized spacial score (nSPS) is 17.3. The van der Waals surface area contributed by atoms with E-state index in [-0.39, 0.29) is 11.7 Å². The first-order chi connectivity index (χ1) is 15.6. The molecule has 0 saturated heterocycles. The Kier molecular flexibility index (Phi) is 5.55. The monoisotopic (exact) mass is 465 g/mol. The largest absolute Gasteiger partial charge is 0.325 e. The van der Waals surface area contributed by atoms with Crippen molar-refractivity contribution in [2.45, 2.75) is 16.4 Å². The lowest BCUT2D eigenvalue weighted by Crippen LogP contribution is -2.41. The number of nitrogens with zero attached hydrogens (tertiary/aromatic N) is 3. The van der Waals surface area contributed by atoms with E-state index in [1.54, 1.807) is 41.1 Å². The number of fused-ring (bicyclic) bond motifs is 1. The van der Waals surface area contributed by atoms with Crippen molar-refractivity contribution in [3.8, 4) is 11.4 Å². The molecule has 2 heterocycles. The minimum Gasteiger partial charge on any atom is -0.325 e. The number of carbonyl (C=O) groups is 1. The number of anilines is 1. The molecule has 1 aliphatic heterocycles. The van der Waals surface area contributed by atoms with E-state index >= 15 is 0 Å². The lowest BCUT2D eigenvalue weighted by atomic mass is 10.0. The Balaban J connectivity index is 1.51. The van der Waals surface area contributed by atoms with Gasteiger partial charge in [-0.2, -0.15) is 0 Å². The second kappa shape index (κ2) is 8.64. The van der Waals surface area contributed by atoms with Crippen molar-refractivity contribution in [2.24, 2.45) is 0 Å². The van der Waals surface area contributed by atoms with Gasteiger partial charge < -0.3 is 10.7 Å². The molecule has 0 fully saturated rings. The van der Waals surface area contributed by atoms with Gasteiger partial charge in [0.25, 0.3) is 0 Å². The molecule has 6 nitrogen and oxygen atoms in total. The maximum atomic E-state index is 13.6. The van der Waals surface area contributed by atoms with Crippen molar-refractivity contribution in [3.63, 3.8) is 0 Å². The smallest absolute Gasteiger partial charge is 0.240 e. The van der Waals surface area contributed by atoms with Crippen LogP contribution >= 0.6 is 23.4 Å². The van der Waals surface area contributed by atoms with E-state index < -0.39 is 11.3 Å². The molecular formula is C23H17ClFN5OS. The van der Waals surface area contributed by atoms with E-state index in [1.165, 1.54) is 23.9 Å². The molecule has 1 amide bonds. The molecule has 0 spiro atoms. The fourth-order valence-corrected chi connectivity index (χ4v) is 4.80. The molecule has 1 aliphatic rings. The third kappa shape index (κ3) is 4.06. The fourth-order valence-electron chi connectivity index (χ4n) is 3.53. The number of amides is 1. The van der Waals surface area contributed by atoms with Crippen molar-refractivity contribution in [1.29, 1.82) is 0 Å². The van der Waals surface area contributed by atoms with E-state index in [4.69, 9.17) is 11.6 Å². The third-order valence-corrected chi connectivity index (χ3v) is 6.50. The molecule has 0 radical (unpaired) electrons. The third-order valence-electron chi connectivity index (χ3n) is 5.05. The highest BCUT2D eigenvalue weighted by Gasteiger charge is 2.38. The van der Waals surface area contributed by atoms with Crippen LogP contribution in [0.3, 0.4) is 0 Å². The molecule has 32 heavy (non-hydrogen) atoms. The van der Waals surface area contributed by atoms with Gasteiger partial charge in [-0.1, -0.05) is 71.9 Å². The topological polar surface area (TPSA) is 71.8 Å². The van der Waals surface area contributed by atoms with Gasteiger partial charge in [-0.05, 0) is 35.9 Å². The van der Waals surface area contributed by atoms with E-state index in [2.05, 4.69) is 20.9 Å². The molecule has 3 aromatic carbocycles. The second-order valence-electron chi connectivity index (χ2n) is 7.20. The summed E-state index contributed by atoms with van der Waals surface area (Å²) < 4.78 is 15.3. The molecule has 0 bridgehead atoms. The van der Waals surface area contributed by atoms with Gasteiger partial charge in [-0.3, -0.25) is 4.79 Å². The number of aromatic nitrogens is 3. The Morgan fingerprint density at radius 1 is 1.03 bits per heavy atom. The highest BCUT2D eigenvalue weighted by Crippen LogP contribution is 2.39. The van der Waals surface area contributed by atoms with Gasteiger partial charge in [0.05, 0.1) is 6.04 Å². The summed E-state index contributed by atoms with van der Waals surface area (Å²) in [6.07, 6.45) is 0. The summed E-state index contributed by atoms with van der Waals surface area (Å²) in [7, 11) is 0. The summed E-state index contributed by atoms with van der Waals surface area (Å²) >= 11 is 7.35. The van der Waals surface area contributed by atoms with Crippen molar-refractivity contribution in [1.82, 2.24) is 14.9 Å². The fraction of sp³-hybridized carbons (Fsp3) is 0.0870. The first kappa shape index (κ1) is 20.5. The number of nitrogens with one attached hydrogen (secondary N) is 2. The molecule has 1 aromatic heterocycles. The van der Waals surface area contributed by atoms with Crippen LogP contribution in [-0.4, -0.2) is 26.0 Å². The van der Waals surface area contributed by atoms with Gasteiger partial charge in [0, 0.05) is 16.3 Å². The van der Waals surface area contributed by atoms with Crippen molar-refractivity contribution in [3.05, 3.63) is 95.3 Å². The summed E-state index contributed by atoms with van der Waals surface area (Å²) in [5, 5.41) is 12.0. The average molecular weight is 466 g/mol. The van der Waals surface area contributed by atoms with Gasteiger partial charge in [-0.15, -0.1) is 10.2 Å². The maximum absolute atomic E-state index is 13.6. The zero-order valence-corrected chi connectivity index (χ0v) is 18.1. The van der Waals surface area contributed by atoms with Crippen LogP contribution in [0.1, 0.15) is 11.6 Å². The van der Waals surface area contributed by atoms with E-state index in [0.717, 1.165) is 11.1 Å². The first-order valence-corrected chi connectivity index (χ1v) is 11.1. The Morgan fingerprint density at radius 2 is 1.81 bits per heavy atom. The lowest BCUT2D eigenvalue weighted by Gasteiger charge is -2.33. The van der Waals surface area contributed by atoms with Crippen LogP contribution in [0.25, 0.3) is 11.4 Å². The molecule has 160 valence electrons. The summed E-state index contributed by atoms with van der Waals surface area (Å²) in [5.74, 6) is 0.0654. The van der Waals surface area contributed by atoms with E-state index in [1.807, 2.05) is 30.3 Å². The zero-order valence-electron chi connectivity index (χ0n) is 16.6. The second-order valence-corrected chi connectivity index (χ2v) is 8.75. The zero-order chi connectivity index (χ0) is 22.1. The summed E-state index contributed by atoms with van der Waals surface area (Å²) in [4.78, 5) is 13.3. The molecule has 5 rings (SSSR count). The van der Waals surface area contributed by atoms with Crippen LogP contribution in [-0.2, 0) is 4.79 Å². The van der Waals surface area contributed by atoms with Crippen LogP contribution in [0.15, 0.2) is 84.0 Å². The lowest BCUT2D eigenvalue weighted by molar-refractivity contribution is -0.116. The van der Waals surface area contributed by atoms with Crippen LogP contribution in [0.4, 0.5) is 10.1 Å². The van der Waals surface area contributed by atoms with Gasteiger partial charge in [0.1, 0.15) is 11.1 Å². The van der Waals surface area contributed by atoms with Crippen molar-refractivity contribution >= 4 is 35.0 Å². The number of benzene rings is 3. The van der Waals surface area contributed by atoms with Crippen LogP contribution in [0.5, 0.6) is 0 Å². The van der Waals surface area contributed by atoms with Gasteiger partial charge in [0.2, 0.25) is 11.1 Å². The highest BCUT2D eigenvalue weighted by atomic mass is 35.5. The molecule has 2 N–H and O–H groups in total. The molecule has 0 unspecified atom stereocenters. The number of halogens is 2. The summed E-state index contributed by atoms with van der Waals surface area (Å²) in [5.41, 5.74) is 5.62. The minimum absolute atomic E-state index is 0.227. The number of rotatable bonds is 4. The molecule has 0 aliphatic carbocycles. The first-order valence-electron chi connectivity index (χ1n) is 9.84. The van der Waals surface area contributed by atoms with Gasteiger partial charge >= 0.3 is 0 Å². The minimum atomic E-state index is -0.584. The predicted molar refractivity (Wildman–Crippen MR) is 124 cm³/mol. The Bertz CT molecular complexity index is 1270. The molecule has 4 aromatic rings. The average Bonchev–Trinajstić information content (AvgIpc) is 3.22. The van der Waals surface area contributed by atoms with E-state index in [9.17, 15) is 9.18 Å². The highest BCUT2D eigenvalue weighted by molar-refractivity contribution is 8.00. The predicted octanol–water partition coefficient (Wildman–Crippen LogP) is 5.14. The number of carbonyl (C=O) groups excluding carboxylic acids is 1. The Labute approximate surface area is 192 Å². The summed E-state index contributed by atoms with van der Waals surface area (Å²) in [6, 6.07) is 22.3. The standard InChI is InChI=1S/C23H17ClFN5OS/c24-16-7-4-8-18(13-16)26-22(31)20-19(14-9-11-17(25)12-10-14)29-30-21(27-28-23(30)32-20)15-5-2-1-3-6-15/h1-13,19-20,29H,(H,26,31)/t19-,20+/m0/s1. The molecule has 2 atom stereocenters. The Morgan fingerprint density at radius 3 is 2.56 bits per heavy atom. The SMILES string of the molecule is O=C(Nc1cccc(Cl)c1)[C@@H]1Sc2nnc(-c3ccccc3)n2N[C@H]1c1ccc(F)cc1. The van der Waals surface area contributed by atoms with Crippen LogP contribution < -0.4 is 10.7 Å². The van der Waals surface area contributed by atoms with Crippen molar-refractivity contribution < 1.29 is 9.18 Å². The van der Waals surface area contributed by atoms with Crippen LogP contribution in [0.2, 0.25) is 5.02 Å². The van der Waals surface area contributed by atoms with Crippen molar-refractivity contribution in [2.75, 3.05) is 10.7 Å². The van der Waals surface area contributed by atoms with Crippen LogP contribution in [0, 0.1) is 5.82 Å². The Hall–Kier alpha value is -3.36. The number of hydrogen-bond acceptors (Lipinski definition) is 5. The number of hydrogen-bond donors (Lipinski definition) is 2. The maximum Gasteiger partial charge on any atom is 0.240 e. The quantitative estimate of drug-likeness (QED) is 0.437. The number of thioether (sulfide) groups is 1. The van der Waals surface area contributed by atoms with Gasteiger partial charge in [-0.25, -0.2) is 9.07 Å².